The van der Waals surface area contributed by atoms with E-state index in [1.807, 2.05) is 0 Å². The van der Waals surface area contributed by atoms with Crippen molar-refractivity contribution in [2.24, 2.45) is 5.10 Å². The van der Waals surface area contributed by atoms with Crippen LogP contribution >= 0.6 is 0 Å². The number of ether oxygens (including phenoxy) is 2. The summed E-state index contributed by atoms with van der Waals surface area (Å²) in [4.78, 5) is 11.9. The minimum atomic E-state index is -0.354. The Morgan fingerprint density at radius 1 is 1.03 bits per heavy atom. The van der Waals surface area contributed by atoms with E-state index in [-0.39, 0.29) is 30.6 Å². The number of hydrogen-bond donors (Lipinski definition) is 1. The number of methoxy groups -OCH3 is 1. The van der Waals surface area contributed by atoms with Gasteiger partial charge in [0, 0.05) is 5.56 Å². The van der Waals surface area contributed by atoms with E-state index in [0.717, 1.165) is 0 Å². The van der Waals surface area contributed by atoms with Gasteiger partial charge in [0.05, 0.1) is 19.7 Å². The molecule has 0 aliphatic rings. The Labute approximate surface area is 173 Å². The summed E-state index contributed by atoms with van der Waals surface area (Å²) in [5.74, 6) is -0.107. The van der Waals surface area contributed by atoms with Crippen molar-refractivity contribution in [3.8, 4) is 11.5 Å². The molecule has 0 aliphatic carbocycles. The van der Waals surface area contributed by atoms with Crippen LogP contribution in [0.2, 0.25) is 0 Å². The fraction of sp³-hybridized carbons (Fsp3) is 0.130. The van der Waals surface area contributed by atoms with Crippen molar-refractivity contribution in [2.45, 2.75) is 13.0 Å². The Balaban J connectivity index is 1.57. The first kappa shape index (κ1) is 21.0. The number of nitrogens with zero attached hydrogens (tertiary/aromatic N) is 1. The Kier molecular flexibility index (Phi) is 7.10. The van der Waals surface area contributed by atoms with Crippen molar-refractivity contribution < 1.29 is 23.0 Å². The molecule has 30 heavy (non-hydrogen) atoms. The lowest BCUT2D eigenvalue weighted by Gasteiger charge is -2.11. The number of nitrogens with one attached hydrogen (secondary N) is 1. The molecule has 0 aromatic heterocycles. The molecule has 0 radical (unpaired) electrons. The van der Waals surface area contributed by atoms with Crippen LogP contribution in [0.3, 0.4) is 0 Å². The summed E-state index contributed by atoms with van der Waals surface area (Å²) < 4.78 is 37.6. The number of halogens is 2. The lowest BCUT2D eigenvalue weighted by molar-refractivity contribution is -0.120. The van der Waals surface area contributed by atoms with Crippen LogP contribution in [0.1, 0.15) is 16.7 Å². The Bertz CT molecular complexity index is 1040. The minimum absolute atomic E-state index is 0.0654. The summed E-state index contributed by atoms with van der Waals surface area (Å²) in [5.41, 5.74) is 4.22. The standard InChI is InChI=1S/C23H20F2N2O3/c1-29-22-12-17(8-11-21(22)30-15-18-4-2-3-5-20(18)25)14-26-27-23(28)13-16-6-9-19(24)10-7-16/h2-12,14H,13,15H2,1H3,(H,27,28)/b26-14+. The fourth-order valence-corrected chi connectivity index (χ4v) is 2.66. The molecule has 0 saturated carbocycles. The third-order valence-corrected chi connectivity index (χ3v) is 4.21. The first-order chi connectivity index (χ1) is 14.5. The van der Waals surface area contributed by atoms with Crippen molar-refractivity contribution >= 4 is 12.1 Å². The number of carbonyl (C=O) groups is 1. The van der Waals surface area contributed by atoms with Crippen molar-refractivity contribution in [1.29, 1.82) is 0 Å². The summed E-state index contributed by atoms with van der Waals surface area (Å²) in [6.45, 7) is 0.0654. The van der Waals surface area contributed by atoms with Gasteiger partial charge in [0.25, 0.3) is 0 Å². The second kappa shape index (κ2) is 10.2. The van der Waals surface area contributed by atoms with Crippen LogP contribution in [0.25, 0.3) is 0 Å². The Morgan fingerprint density at radius 3 is 2.53 bits per heavy atom. The number of carbonyl (C=O) groups excluding carboxylic acids is 1. The molecule has 0 spiro atoms. The largest absolute Gasteiger partial charge is 0.493 e. The molecule has 0 aliphatic heterocycles. The van der Waals surface area contributed by atoms with E-state index < -0.39 is 0 Å². The number of benzene rings is 3. The third kappa shape index (κ3) is 5.88. The molecule has 0 heterocycles. The van der Waals surface area contributed by atoms with Gasteiger partial charge in [-0.1, -0.05) is 30.3 Å². The molecular formula is C23H20F2N2O3. The SMILES string of the molecule is COc1cc(/C=N/NC(=O)Cc2ccc(F)cc2)ccc1OCc1ccccc1F. The topological polar surface area (TPSA) is 59.9 Å². The average molecular weight is 410 g/mol. The van der Waals surface area contributed by atoms with E-state index >= 15 is 0 Å². The predicted octanol–water partition coefficient (Wildman–Crippen LogP) is 4.25. The molecule has 7 heteroatoms. The van der Waals surface area contributed by atoms with Crippen LogP contribution in [0.5, 0.6) is 11.5 Å². The number of hydrogen-bond acceptors (Lipinski definition) is 4. The van der Waals surface area contributed by atoms with Crippen molar-refractivity contribution in [3.63, 3.8) is 0 Å². The summed E-state index contributed by atoms with van der Waals surface area (Å²) in [6, 6.07) is 17.2. The molecule has 3 aromatic rings. The maximum atomic E-state index is 13.7. The van der Waals surface area contributed by atoms with Gasteiger partial charge in [-0.25, -0.2) is 14.2 Å². The molecule has 5 nitrogen and oxygen atoms in total. The molecular weight excluding hydrogens is 390 g/mol. The van der Waals surface area contributed by atoms with Crippen LogP contribution in [0.4, 0.5) is 8.78 Å². The molecule has 154 valence electrons. The molecule has 3 rings (SSSR count). The molecule has 0 saturated heterocycles. The van der Waals surface area contributed by atoms with E-state index in [9.17, 15) is 13.6 Å². The molecule has 0 unspecified atom stereocenters. The molecule has 1 amide bonds. The molecule has 3 aromatic carbocycles. The van der Waals surface area contributed by atoms with Gasteiger partial charge in [0.15, 0.2) is 11.5 Å². The first-order valence-corrected chi connectivity index (χ1v) is 9.16. The van der Waals surface area contributed by atoms with Crippen LogP contribution < -0.4 is 14.9 Å². The highest BCUT2D eigenvalue weighted by atomic mass is 19.1. The zero-order chi connectivity index (χ0) is 21.3. The molecule has 1 N–H and O–H groups in total. The second-order valence-electron chi connectivity index (χ2n) is 6.39. The van der Waals surface area contributed by atoms with Crippen LogP contribution in [-0.2, 0) is 17.8 Å². The van der Waals surface area contributed by atoms with Crippen molar-refractivity contribution in [3.05, 3.63) is 95.1 Å². The Hall–Kier alpha value is -3.74. The maximum Gasteiger partial charge on any atom is 0.244 e. The molecule has 0 fully saturated rings. The smallest absolute Gasteiger partial charge is 0.244 e. The van der Waals surface area contributed by atoms with Gasteiger partial charge in [0.2, 0.25) is 5.91 Å². The summed E-state index contributed by atoms with van der Waals surface area (Å²) >= 11 is 0. The quantitative estimate of drug-likeness (QED) is 0.446. The summed E-state index contributed by atoms with van der Waals surface area (Å²) in [5, 5.41) is 3.92. The van der Waals surface area contributed by atoms with Gasteiger partial charge in [-0.15, -0.1) is 0 Å². The molecule has 0 bridgehead atoms. The lowest BCUT2D eigenvalue weighted by Crippen LogP contribution is -2.19. The highest BCUT2D eigenvalue weighted by Crippen LogP contribution is 2.28. The van der Waals surface area contributed by atoms with Crippen molar-refractivity contribution in [1.82, 2.24) is 5.43 Å². The van der Waals surface area contributed by atoms with E-state index in [0.29, 0.717) is 28.2 Å². The monoisotopic (exact) mass is 410 g/mol. The first-order valence-electron chi connectivity index (χ1n) is 9.16. The van der Waals surface area contributed by atoms with Gasteiger partial charge in [-0.2, -0.15) is 5.10 Å². The third-order valence-electron chi connectivity index (χ3n) is 4.21. The number of amides is 1. The normalized spacial score (nSPS) is 10.8. The van der Waals surface area contributed by atoms with Crippen LogP contribution in [0, 0.1) is 11.6 Å². The maximum absolute atomic E-state index is 13.7. The van der Waals surface area contributed by atoms with E-state index in [2.05, 4.69) is 10.5 Å². The average Bonchev–Trinajstić information content (AvgIpc) is 2.75. The highest BCUT2D eigenvalue weighted by Gasteiger charge is 2.08. The van der Waals surface area contributed by atoms with E-state index in [4.69, 9.17) is 9.47 Å². The fourth-order valence-electron chi connectivity index (χ4n) is 2.66. The predicted molar refractivity (Wildman–Crippen MR) is 110 cm³/mol. The zero-order valence-electron chi connectivity index (χ0n) is 16.3. The Morgan fingerprint density at radius 2 is 1.80 bits per heavy atom. The summed E-state index contributed by atoms with van der Waals surface area (Å²) in [6.07, 6.45) is 1.55. The molecule has 0 atom stereocenters. The van der Waals surface area contributed by atoms with Crippen LogP contribution in [-0.4, -0.2) is 19.2 Å². The lowest BCUT2D eigenvalue weighted by atomic mass is 10.1. The van der Waals surface area contributed by atoms with Crippen LogP contribution in [0.15, 0.2) is 71.8 Å². The van der Waals surface area contributed by atoms with E-state index in [1.54, 1.807) is 48.5 Å². The van der Waals surface area contributed by atoms with Gasteiger partial charge < -0.3 is 9.47 Å². The minimum Gasteiger partial charge on any atom is -0.493 e. The number of hydrazone groups is 1. The zero-order valence-corrected chi connectivity index (χ0v) is 16.3. The van der Waals surface area contributed by atoms with Gasteiger partial charge in [0.1, 0.15) is 18.2 Å². The highest BCUT2D eigenvalue weighted by molar-refractivity contribution is 5.84. The van der Waals surface area contributed by atoms with Gasteiger partial charge in [-0.05, 0) is 47.5 Å². The second-order valence-corrected chi connectivity index (χ2v) is 6.39. The van der Waals surface area contributed by atoms with Gasteiger partial charge in [-0.3, -0.25) is 4.79 Å². The van der Waals surface area contributed by atoms with E-state index in [1.165, 1.54) is 31.5 Å². The summed E-state index contributed by atoms with van der Waals surface area (Å²) in [7, 11) is 1.50. The van der Waals surface area contributed by atoms with Gasteiger partial charge >= 0.3 is 0 Å². The number of rotatable bonds is 8. The van der Waals surface area contributed by atoms with Crippen molar-refractivity contribution in [2.75, 3.05) is 7.11 Å².